The van der Waals surface area contributed by atoms with Gasteiger partial charge in [0, 0.05) is 0 Å². The minimum atomic E-state index is 0.730. The second kappa shape index (κ2) is 8.49. The van der Waals surface area contributed by atoms with Gasteiger partial charge in [0.1, 0.15) is 0 Å². The molecule has 0 aliphatic rings. The molecule has 1 nitrogen and oxygen atoms in total. The van der Waals surface area contributed by atoms with Gasteiger partial charge in [-0.15, -0.1) is 0 Å². The zero-order valence-corrected chi connectivity index (χ0v) is 7.68. The van der Waals surface area contributed by atoms with Crippen molar-refractivity contribution in [2.24, 2.45) is 0 Å². The Labute approximate surface area is 64.5 Å². The van der Waals surface area contributed by atoms with Gasteiger partial charge in [0.25, 0.3) is 0 Å². The molecular weight excluding hydrogens is 127 g/mol. The molecule has 0 fully saturated rings. The predicted molar refractivity (Wildman–Crippen MR) is 42.2 cm³/mol. The molecule has 0 radical (unpaired) electrons. The van der Waals surface area contributed by atoms with Gasteiger partial charge in [0.15, 0.2) is 0 Å². The van der Waals surface area contributed by atoms with Gasteiger partial charge >= 0.3 is 64.0 Å². The third kappa shape index (κ3) is 8.49. The Kier molecular flexibility index (Phi) is 8.96. The van der Waals surface area contributed by atoms with Crippen molar-refractivity contribution < 1.29 is 4.74 Å². The quantitative estimate of drug-likeness (QED) is 0.408. The monoisotopic (exact) mass is 143 g/mol. The van der Waals surface area contributed by atoms with Crippen LogP contribution in [0.1, 0.15) is 20.3 Å². The van der Waals surface area contributed by atoms with E-state index in [0.717, 1.165) is 28.4 Å². The molecule has 0 aliphatic carbocycles. The van der Waals surface area contributed by atoms with E-state index in [-0.39, 0.29) is 0 Å². The molecule has 0 saturated heterocycles. The molecule has 52 valence electrons. The van der Waals surface area contributed by atoms with Crippen LogP contribution in [-0.2, 0) is 4.74 Å². The summed E-state index contributed by atoms with van der Waals surface area (Å²) in [6.07, 6.45) is 1.27. The third-order valence-electron chi connectivity index (χ3n) is 1.19. The molecular formula is C7H16AlO+. The summed E-state index contributed by atoms with van der Waals surface area (Å²) in [5.74, 6) is 0. The molecule has 0 spiro atoms. The van der Waals surface area contributed by atoms with Gasteiger partial charge in [0.05, 0.1) is 0 Å². The average Bonchev–Trinajstić information content (AvgIpc) is 1.89. The van der Waals surface area contributed by atoms with Crippen LogP contribution in [0.4, 0.5) is 0 Å². The van der Waals surface area contributed by atoms with E-state index in [9.17, 15) is 0 Å². The normalized spacial score (nSPS) is 9.11. The van der Waals surface area contributed by atoms with Crippen molar-refractivity contribution in [3.8, 4) is 0 Å². The van der Waals surface area contributed by atoms with E-state index in [1.165, 1.54) is 17.0 Å². The molecule has 0 amide bonds. The van der Waals surface area contributed by atoms with E-state index in [0.29, 0.717) is 0 Å². The van der Waals surface area contributed by atoms with E-state index in [1.807, 2.05) is 6.92 Å². The van der Waals surface area contributed by atoms with E-state index in [1.54, 1.807) is 0 Å². The molecule has 0 bridgehead atoms. The van der Waals surface area contributed by atoms with Crippen molar-refractivity contribution in [2.45, 2.75) is 30.8 Å². The van der Waals surface area contributed by atoms with Crippen LogP contribution in [0.5, 0.6) is 0 Å². The number of rotatable bonds is 6. The molecule has 0 N–H and O–H groups in total. The summed E-state index contributed by atoms with van der Waals surface area (Å²) >= 11 is 0.730. The summed E-state index contributed by atoms with van der Waals surface area (Å²) in [6.45, 7) is 6.16. The van der Waals surface area contributed by atoms with Crippen molar-refractivity contribution >= 4 is 15.2 Å². The van der Waals surface area contributed by atoms with E-state index in [4.69, 9.17) is 4.74 Å². The van der Waals surface area contributed by atoms with Crippen molar-refractivity contribution in [1.29, 1.82) is 0 Å². The zero-order chi connectivity index (χ0) is 6.95. The topological polar surface area (TPSA) is 9.23 Å². The zero-order valence-electron chi connectivity index (χ0n) is 6.52. The maximum atomic E-state index is 5.19. The summed E-state index contributed by atoms with van der Waals surface area (Å²) in [7, 11) is 0. The van der Waals surface area contributed by atoms with E-state index >= 15 is 0 Å². The summed E-state index contributed by atoms with van der Waals surface area (Å²) in [5.41, 5.74) is 0. The van der Waals surface area contributed by atoms with Crippen LogP contribution in [-0.4, -0.2) is 28.4 Å². The Morgan fingerprint density at radius 1 is 1.33 bits per heavy atom. The van der Waals surface area contributed by atoms with Crippen molar-refractivity contribution in [3.05, 3.63) is 0 Å². The fraction of sp³-hybridized carbons (Fsp3) is 1.00. The Hall–Kier alpha value is 0.492. The fourth-order valence-corrected chi connectivity index (χ4v) is 1.54. The van der Waals surface area contributed by atoms with Crippen LogP contribution < -0.4 is 0 Å². The number of hydrogen-bond acceptors (Lipinski definition) is 1. The maximum absolute atomic E-state index is 5.19. The molecule has 0 unspecified atom stereocenters. The number of ether oxygens (including phenoxy) is 1. The first-order valence-electron chi connectivity index (χ1n) is 3.81. The molecule has 0 atom stereocenters. The standard InChI is InChI=1S/C5H11O.C2H5.Al/c1-3-5-6-4-2;1-2;/h1,3-5H2,2H3;1H2,2H3;/q;;+1. The van der Waals surface area contributed by atoms with Gasteiger partial charge in [-0.2, -0.15) is 0 Å². The molecule has 9 heavy (non-hydrogen) atoms. The van der Waals surface area contributed by atoms with Gasteiger partial charge in [-0.3, -0.25) is 0 Å². The average molecular weight is 143 g/mol. The Morgan fingerprint density at radius 3 is 2.67 bits per heavy atom. The van der Waals surface area contributed by atoms with E-state index in [2.05, 4.69) is 6.92 Å². The molecule has 0 heterocycles. The van der Waals surface area contributed by atoms with Crippen LogP contribution in [0.15, 0.2) is 0 Å². The summed E-state index contributed by atoms with van der Waals surface area (Å²) in [5, 5.41) is 2.81. The predicted octanol–water partition coefficient (Wildman–Crippen LogP) is 1.97. The first kappa shape index (κ1) is 9.49. The molecule has 0 aliphatic heterocycles. The summed E-state index contributed by atoms with van der Waals surface area (Å²) in [6, 6.07) is 0. The van der Waals surface area contributed by atoms with Crippen LogP contribution in [0.2, 0.25) is 10.6 Å². The third-order valence-corrected chi connectivity index (χ3v) is 2.58. The van der Waals surface area contributed by atoms with Crippen molar-refractivity contribution in [2.75, 3.05) is 13.2 Å². The SMILES string of the molecule is CCOCC[CH2][Al+][CH2]C. The van der Waals surface area contributed by atoms with E-state index < -0.39 is 0 Å². The van der Waals surface area contributed by atoms with Gasteiger partial charge in [-0.25, -0.2) is 0 Å². The second-order valence-electron chi connectivity index (χ2n) is 2.04. The Bertz CT molecular complexity index is 42.2. The molecule has 0 rings (SSSR count). The molecule has 0 aromatic rings. The van der Waals surface area contributed by atoms with Crippen LogP contribution in [0.3, 0.4) is 0 Å². The molecule has 0 saturated carbocycles. The first-order chi connectivity index (χ1) is 4.41. The molecule has 2 heteroatoms. The van der Waals surface area contributed by atoms with Crippen LogP contribution in [0, 0.1) is 0 Å². The Morgan fingerprint density at radius 2 is 2.11 bits per heavy atom. The Balaban J connectivity index is 2.60. The van der Waals surface area contributed by atoms with Gasteiger partial charge in [0.2, 0.25) is 0 Å². The van der Waals surface area contributed by atoms with Crippen molar-refractivity contribution in [1.82, 2.24) is 0 Å². The second-order valence-corrected chi connectivity index (χ2v) is 4.01. The number of hydrogen-bond donors (Lipinski definition) is 0. The van der Waals surface area contributed by atoms with Crippen LogP contribution in [0.25, 0.3) is 0 Å². The van der Waals surface area contributed by atoms with Gasteiger partial charge < -0.3 is 0 Å². The van der Waals surface area contributed by atoms with Crippen molar-refractivity contribution in [3.63, 3.8) is 0 Å². The molecule has 0 aromatic heterocycles. The fourth-order valence-electron chi connectivity index (χ4n) is 0.678. The molecule has 0 aromatic carbocycles. The van der Waals surface area contributed by atoms with Gasteiger partial charge in [-0.1, -0.05) is 0 Å². The van der Waals surface area contributed by atoms with Crippen LogP contribution >= 0.6 is 0 Å². The summed E-state index contributed by atoms with van der Waals surface area (Å²) in [4.78, 5) is 0. The first-order valence-corrected chi connectivity index (χ1v) is 5.44. The minimum absolute atomic E-state index is 0.730. The summed E-state index contributed by atoms with van der Waals surface area (Å²) < 4.78 is 5.19. The van der Waals surface area contributed by atoms with Gasteiger partial charge in [-0.05, 0) is 0 Å².